The maximum Gasteiger partial charge on any atom is 0.112 e. The van der Waals surface area contributed by atoms with Crippen molar-refractivity contribution in [3.63, 3.8) is 0 Å². The molecule has 0 unspecified atom stereocenters. The molecule has 94 valence electrons. The summed E-state index contributed by atoms with van der Waals surface area (Å²) in [6.45, 7) is 0.622. The lowest BCUT2D eigenvalue weighted by molar-refractivity contribution is -0.319. The molecule has 0 aromatic carbocycles. The maximum absolute atomic E-state index is 5.43. The Morgan fingerprint density at radius 2 is 1.65 bits per heavy atom. The van der Waals surface area contributed by atoms with E-state index in [4.69, 9.17) is 9.78 Å². The fourth-order valence-corrected chi connectivity index (χ4v) is 5.47. The second kappa shape index (κ2) is 3.83. The van der Waals surface area contributed by atoms with Gasteiger partial charge < -0.3 is 0 Å². The van der Waals surface area contributed by atoms with Gasteiger partial charge in [0.25, 0.3) is 0 Å². The van der Waals surface area contributed by atoms with E-state index in [0.29, 0.717) is 12.0 Å². The summed E-state index contributed by atoms with van der Waals surface area (Å²) in [7, 11) is 0. The second-order valence-corrected chi connectivity index (χ2v) is 6.97. The Kier molecular flexibility index (Phi) is 2.38. The topological polar surface area (TPSA) is 18.5 Å². The molecule has 0 N–H and O–H groups in total. The summed E-state index contributed by atoms with van der Waals surface area (Å²) in [6, 6.07) is 0. The summed E-state index contributed by atoms with van der Waals surface area (Å²) >= 11 is 0. The van der Waals surface area contributed by atoms with Crippen molar-refractivity contribution < 1.29 is 9.78 Å². The van der Waals surface area contributed by atoms with Crippen LogP contribution in [-0.2, 0) is 9.78 Å². The van der Waals surface area contributed by atoms with E-state index >= 15 is 0 Å². The fraction of sp³-hybridized carbons (Fsp3) is 0.867. The largest absolute Gasteiger partial charge is 0.232 e. The first-order valence-corrected chi connectivity index (χ1v) is 7.26. The molecule has 4 saturated carbocycles. The molecule has 0 saturated heterocycles. The molecular formula is C15H22O2. The predicted octanol–water partition coefficient (Wildman–Crippen LogP) is 3.48. The first-order valence-electron chi connectivity index (χ1n) is 7.26. The van der Waals surface area contributed by atoms with E-state index in [0.717, 1.165) is 17.8 Å². The molecule has 0 radical (unpaired) electrons. The highest BCUT2D eigenvalue weighted by Crippen LogP contribution is 2.61. The maximum atomic E-state index is 5.43. The van der Waals surface area contributed by atoms with Crippen LogP contribution in [0.1, 0.15) is 44.9 Å². The minimum Gasteiger partial charge on any atom is -0.232 e. The van der Waals surface area contributed by atoms with Crippen molar-refractivity contribution in [3.8, 4) is 0 Å². The molecule has 5 aliphatic rings. The molecule has 0 amide bonds. The van der Waals surface area contributed by atoms with Gasteiger partial charge in [-0.3, -0.25) is 0 Å². The standard InChI is InChI=1S/C15H22O2/c1-2-14(17-16-3-1)10-15-7-11-4-12(8-15)6-13(5-11)9-15/h1-2,11-14H,3-10H2/t11?,12?,13?,14-,15?/m0/s1. The summed E-state index contributed by atoms with van der Waals surface area (Å²) in [5, 5.41) is 0. The fourth-order valence-electron chi connectivity index (χ4n) is 5.47. The molecule has 2 nitrogen and oxygen atoms in total. The van der Waals surface area contributed by atoms with E-state index in [1.165, 1.54) is 44.9 Å². The lowest BCUT2D eigenvalue weighted by Gasteiger charge is -2.57. The average Bonchev–Trinajstić information content (AvgIpc) is 2.27. The van der Waals surface area contributed by atoms with E-state index in [-0.39, 0.29) is 6.10 Å². The molecule has 4 fully saturated rings. The molecule has 5 rings (SSSR count). The molecule has 0 spiro atoms. The SMILES string of the molecule is C1=C[C@@H](CC23CC4CC(CC(C4)C2)C3)OOC1. The summed E-state index contributed by atoms with van der Waals surface area (Å²) in [5.74, 6) is 3.11. The Balaban J connectivity index is 1.52. The average molecular weight is 234 g/mol. The van der Waals surface area contributed by atoms with Crippen LogP contribution in [0.5, 0.6) is 0 Å². The third kappa shape index (κ3) is 1.86. The predicted molar refractivity (Wildman–Crippen MR) is 65.2 cm³/mol. The highest BCUT2D eigenvalue weighted by atomic mass is 17.2. The first kappa shape index (κ1) is 10.6. The van der Waals surface area contributed by atoms with Crippen molar-refractivity contribution in [2.75, 3.05) is 6.61 Å². The zero-order chi connectivity index (χ0) is 11.3. The van der Waals surface area contributed by atoms with Crippen LogP contribution in [-0.4, -0.2) is 12.7 Å². The Labute approximate surface area is 103 Å². The number of hydrogen-bond donors (Lipinski definition) is 0. The molecule has 17 heavy (non-hydrogen) atoms. The van der Waals surface area contributed by atoms with Crippen LogP contribution in [0.2, 0.25) is 0 Å². The molecule has 0 aromatic heterocycles. The number of hydrogen-bond acceptors (Lipinski definition) is 2. The molecular weight excluding hydrogens is 212 g/mol. The smallest absolute Gasteiger partial charge is 0.112 e. The van der Waals surface area contributed by atoms with E-state index < -0.39 is 0 Å². The van der Waals surface area contributed by atoms with Gasteiger partial charge in [0.2, 0.25) is 0 Å². The van der Waals surface area contributed by atoms with Crippen molar-refractivity contribution >= 4 is 0 Å². The summed E-state index contributed by atoms with van der Waals surface area (Å²) in [5.41, 5.74) is 0.602. The van der Waals surface area contributed by atoms with Gasteiger partial charge in [0, 0.05) is 0 Å². The van der Waals surface area contributed by atoms with Crippen molar-refractivity contribution in [3.05, 3.63) is 12.2 Å². The van der Waals surface area contributed by atoms with Gasteiger partial charge in [-0.2, -0.15) is 0 Å². The van der Waals surface area contributed by atoms with Gasteiger partial charge in [-0.05, 0) is 68.1 Å². The summed E-state index contributed by atoms with van der Waals surface area (Å²) in [4.78, 5) is 10.5. The Bertz CT molecular complexity index is 299. The first-order chi connectivity index (χ1) is 8.31. The van der Waals surface area contributed by atoms with Crippen LogP contribution in [0, 0.1) is 23.2 Å². The van der Waals surface area contributed by atoms with Gasteiger partial charge in [0.1, 0.15) is 12.7 Å². The molecule has 1 aliphatic heterocycles. The zero-order valence-electron chi connectivity index (χ0n) is 10.4. The molecule has 4 aliphatic carbocycles. The lowest BCUT2D eigenvalue weighted by atomic mass is 9.48. The van der Waals surface area contributed by atoms with Crippen molar-refractivity contribution in [1.29, 1.82) is 0 Å². The minimum atomic E-state index is 0.222. The minimum absolute atomic E-state index is 0.222. The number of rotatable bonds is 2. The van der Waals surface area contributed by atoms with Crippen LogP contribution < -0.4 is 0 Å². The lowest BCUT2D eigenvalue weighted by Crippen LogP contribution is -2.47. The van der Waals surface area contributed by atoms with Crippen LogP contribution in [0.15, 0.2) is 12.2 Å². The van der Waals surface area contributed by atoms with Crippen LogP contribution in [0.25, 0.3) is 0 Å². The van der Waals surface area contributed by atoms with Crippen molar-refractivity contribution in [2.24, 2.45) is 23.2 Å². The zero-order valence-corrected chi connectivity index (χ0v) is 10.4. The second-order valence-electron chi connectivity index (χ2n) is 6.97. The van der Waals surface area contributed by atoms with Gasteiger partial charge in [-0.15, -0.1) is 0 Å². The third-order valence-electron chi connectivity index (χ3n) is 5.51. The van der Waals surface area contributed by atoms with Gasteiger partial charge in [-0.1, -0.05) is 12.2 Å². The van der Waals surface area contributed by atoms with Crippen molar-refractivity contribution in [1.82, 2.24) is 0 Å². The normalized spacial score (nSPS) is 52.0. The Hall–Kier alpha value is -0.340. The molecule has 2 heteroatoms. The van der Waals surface area contributed by atoms with Crippen molar-refractivity contribution in [2.45, 2.75) is 51.0 Å². The van der Waals surface area contributed by atoms with Crippen LogP contribution in [0.4, 0.5) is 0 Å². The van der Waals surface area contributed by atoms with E-state index in [9.17, 15) is 0 Å². The van der Waals surface area contributed by atoms with E-state index in [1.807, 2.05) is 0 Å². The molecule has 0 aromatic rings. The summed E-state index contributed by atoms with van der Waals surface area (Å²) < 4.78 is 0. The highest BCUT2D eigenvalue weighted by molar-refractivity contribution is 5.04. The molecule has 4 bridgehead atoms. The Morgan fingerprint density at radius 1 is 1.00 bits per heavy atom. The van der Waals surface area contributed by atoms with Gasteiger partial charge in [0.05, 0.1) is 0 Å². The van der Waals surface area contributed by atoms with E-state index in [1.54, 1.807) is 0 Å². The van der Waals surface area contributed by atoms with Crippen LogP contribution in [0.3, 0.4) is 0 Å². The van der Waals surface area contributed by atoms with E-state index in [2.05, 4.69) is 12.2 Å². The molecule has 1 atom stereocenters. The summed E-state index contributed by atoms with van der Waals surface area (Å²) in [6.07, 6.45) is 14.7. The highest BCUT2D eigenvalue weighted by Gasteiger charge is 2.51. The molecule has 1 heterocycles. The quantitative estimate of drug-likeness (QED) is 0.538. The van der Waals surface area contributed by atoms with Gasteiger partial charge in [-0.25, -0.2) is 9.78 Å². The Morgan fingerprint density at radius 3 is 2.18 bits per heavy atom. The monoisotopic (exact) mass is 234 g/mol. The third-order valence-corrected chi connectivity index (χ3v) is 5.51. The van der Waals surface area contributed by atoms with Crippen LogP contribution >= 0.6 is 0 Å². The van der Waals surface area contributed by atoms with Gasteiger partial charge >= 0.3 is 0 Å². The van der Waals surface area contributed by atoms with Gasteiger partial charge in [0.15, 0.2) is 0 Å².